The molecule has 0 aliphatic rings. The van der Waals surface area contributed by atoms with Crippen LogP contribution < -0.4 is 9.47 Å². The van der Waals surface area contributed by atoms with Crippen LogP contribution in [0, 0.1) is 5.92 Å². The molecular formula is C27H28O4. The Kier molecular flexibility index (Phi) is 6.59. The van der Waals surface area contributed by atoms with Crippen molar-refractivity contribution in [3.8, 4) is 11.5 Å². The van der Waals surface area contributed by atoms with Crippen molar-refractivity contribution < 1.29 is 19.1 Å². The molecule has 0 N–H and O–H groups in total. The number of fused-ring (bicyclic) bond motifs is 2. The molecule has 4 heteroatoms. The van der Waals surface area contributed by atoms with Crippen LogP contribution in [0.3, 0.4) is 0 Å². The van der Waals surface area contributed by atoms with Gasteiger partial charge in [-0.1, -0.05) is 69.5 Å². The Balaban J connectivity index is 2.39. The molecule has 0 bridgehead atoms. The maximum atomic E-state index is 12.5. The average molecular weight is 417 g/mol. The minimum atomic E-state index is -0.495. The fourth-order valence-corrected chi connectivity index (χ4v) is 3.44. The molecule has 0 heterocycles. The number of hydrogen-bond acceptors (Lipinski definition) is 4. The van der Waals surface area contributed by atoms with Crippen molar-refractivity contribution >= 4 is 33.5 Å². The summed E-state index contributed by atoms with van der Waals surface area (Å²) >= 11 is 0. The van der Waals surface area contributed by atoms with Crippen LogP contribution in [0.15, 0.2) is 66.8 Å². The summed E-state index contributed by atoms with van der Waals surface area (Å²) in [5.41, 5.74) is 1.66. The maximum Gasteiger partial charge on any atom is 0.338 e. The number of hydrogen-bond donors (Lipinski definition) is 0. The van der Waals surface area contributed by atoms with Crippen molar-refractivity contribution in [3.05, 3.63) is 72.3 Å². The molecule has 3 aromatic carbocycles. The van der Waals surface area contributed by atoms with E-state index < -0.39 is 11.9 Å². The van der Waals surface area contributed by atoms with Crippen molar-refractivity contribution in [2.75, 3.05) is 0 Å². The minimum absolute atomic E-state index is 0.311. The van der Waals surface area contributed by atoms with Gasteiger partial charge in [0, 0.05) is 32.7 Å². The molecule has 160 valence electrons. The van der Waals surface area contributed by atoms with Gasteiger partial charge in [-0.15, -0.1) is 0 Å². The number of ether oxygens (including phenoxy) is 2. The summed E-state index contributed by atoms with van der Waals surface area (Å²) in [6.45, 7) is 15.0. The quantitative estimate of drug-likeness (QED) is 0.190. The molecule has 0 radical (unpaired) electrons. The second kappa shape index (κ2) is 9.17. The number of rotatable bonds is 7. The highest BCUT2D eigenvalue weighted by Crippen LogP contribution is 2.45. The monoisotopic (exact) mass is 416 g/mol. The van der Waals surface area contributed by atoms with E-state index in [4.69, 9.17) is 9.47 Å². The molecule has 0 aromatic heterocycles. The summed E-state index contributed by atoms with van der Waals surface area (Å²) in [6.07, 6.45) is 1.78. The van der Waals surface area contributed by atoms with Gasteiger partial charge in [0.2, 0.25) is 0 Å². The normalized spacial score (nSPS) is 11.0. The predicted octanol–water partition coefficient (Wildman–Crippen LogP) is 6.54. The zero-order chi connectivity index (χ0) is 22.7. The smallest absolute Gasteiger partial charge is 0.338 e. The SMILES string of the molecule is C=C(C)C(=O)Oc1c2ccccc2c(OC(=O)C(=C)C)c2c(CCC(C)C)cccc12. The molecular weight excluding hydrogens is 388 g/mol. The van der Waals surface area contributed by atoms with Gasteiger partial charge in [0.15, 0.2) is 0 Å². The number of carbonyl (C=O) groups excluding carboxylic acids is 2. The van der Waals surface area contributed by atoms with E-state index in [2.05, 4.69) is 27.0 Å². The molecule has 0 atom stereocenters. The standard InChI is InChI=1S/C27H28O4/c1-16(2)14-15-19-10-9-13-22-23(19)25(31-27(29)18(5)6)21-12-8-7-11-20(21)24(22)30-26(28)17(3)4/h7-13,16H,3,5,14-15H2,1-2,4,6H3. The van der Waals surface area contributed by atoms with E-state index in [1.807, 2.05) is 42.5 Å². The van der Waals surface area contributed by atoms with Crippen LogP contribution in [0.5, 0.6) is 11.5 Å². The van der Waals surface area contributed by atoms with Crippen molar-refractivity contribution in [1.82, 2.24) is 0 Å². The van der Waals surface area contributed by atoms with Crippen LogP contribution in [0.1, 0.15) is 39.7 Å². The van der Waals surface area contributed by atoms with E-state index in [0.29, 0.717) is 39.3 Å². The molecule has 4 nitrogen and oxygen atoms in total. The highest BCUT2D eigenvalue weighted by atomic mass is 16.5. The first-order valence-electron chi connectivity index (χ1n) is 10.4. The largest absolute Gasteiger partial charge is 0.422 e. The average Bonchev–Trinajstić information content (AvgIpc) is 2.73. The Bertz CT molecular complexity index is 1200. The van der Waals surface area contributed by atoms with Crippen LogP contribution in [0.2, 0.25) is 0 Å². The first-order valence-corrected chi connectivity index (χ1v) is 10.4. The molecule has 0 aliphatic carbocycles. The third-order valence-corrected chi connectivity index (χ3v) is 5.12. The zero-order valence-corrected chi connectivity index (χ0v) is 18.6. The molecule has 3 aromatic rings. The van der Waals surface area contributed by atoms with Gasteiger partial charge in [0.05, 0.1) is 0 Å². The lowest BCUT2D eigenvalue weighted by atomic mass is 9.93. The molecule has 31 heavy (non-hydrogen) atoms. The molecule has 0 saturated heterocycles. The molecule has 0 unspecified atom stereocenters. The van der Waals surface area contributed by atoms with E-state index in [0.717, 1.165) is 29.2 Å². The number of carbonyl (C=O) groups is 2. The highest BCUT2D eigenvalue weighted by Gasteiger charge is 2.22. The Labute approximate surface area is 183 Å². The van der Waals surface area contributed by atoms with Gasteiger partial charge in [-0.25, -0.2) is 9.59 Å². The van der Waals surface area contributed by atoms with E-state index in [1.165, 1.54) is 0 Å². The summed E-state index contributed by atoms with van der Waals surface area (Å²) in [6, 6.07) is 13.3. The second-order valence-electron chi connectivity index (χ2n) is 8.32. The third-order valence-electron chi connectivity index (χ3n) is 5.12. The molecule has 0 spiro atoms. The van der Waals surface area contributed by atoms with E-state index in [1.54, 1.807) is 13.8 Å². The lowest BCUT2D eigenvalue weighted by molar-refractivity contribution is -0.130. The van der Waals surface area contributed by atoms with E-state index >= 15 is 0 Å². The van der Waals surface area contributed by atoms with Crippen molar-refractivity contribution in [2.45, 2.75) is 40.5 Å². The van der Waals surface area contributed by atoms with Gasteiger partial charge in [-0.05, 0) is 38.2 Å². The molecule has 3 rings (SSSR count). The zero-order valence-electron chi connectivity index (χ0n) is 18.6. The predicted molar refractivity (Wildman–Crippen MR) is 126 cm³/mol. The first-order chi connectivity index (χ1) is 14.7. The lowest BCUT2D eigenvalue weighted by Crippen LogP contribution is -2.12. The summed E-state index contributed by atoms with van der Waals surface area (Å²) in [7, 11) is 0. The van der Waals surface area contributed by atoms with Gasteiger partial charge >= 0.3 is 11.9 Å². The van der Waals surface area contributed by atoms with E-state index in [9.17, 15) is 9.59 Å². The van der Waals surface area contributed by atoms with Crippen LogP contribution in [-0.4, -0.2) is 11.9 Å². The summed E-state index contributed by atoms with van der Waals surface area (Å²) in [4.78, 5) is 24.9. The highest BCUT2D eigenvalue weighted by molar-refractivity contribution is 6.14. The second-order valence-corrected chi connectivity index (χ2v) is 8.32. The van der Waals surface area contributed by atoms with Gasteiger partial charge in [-0.2, -0.15) is 0 Å². The number of esters is 2. The molecule has 0 saturated carbocycles. The van der Waals surface area contributed by atoms with Gasteiger partial charge in [0.25, 0.3) is 0 Å². The van der Waals surface area contributed by atoms with Crippen molar-refractivity contribution in [2.24, 2.45) is 5.92 Å². The summed E-state index contributed by atoms with van der Waals surface area (Å²) in [5, 5.41) is 2.89. The Hall–Kier alpha value is -3.40. The number of aryl methyl sites for hydroxylation is 1. The maximum absolute atomic E-state index is 12.5. The van der Waals surface area contributed by atoms with Crippen LogP contribution in [0.4, 0.5) is 0 Å². The Morgan fingerprint density at radius 2 is 1.32 bits per heavy atom. The van der Waals surface area contributed by atoms with Crippen molar-refractivity contribution in [1.29, 1.82) is 0 Å². The fraction of sp³-hybridized carbons (Fsp3) is 0.259. The molecule has 0 aliphatic heterocycles. The fourth-order valence-electron chi connectivity index (χ4n) is 3.44. The van der Waals surface area contributed by atoms with Gasteiger partial charge < -0.3 is 9.47 Å². The minimum Gasteiger partial charge on any atom is -0.422 e. The van der Waals surface area contributed by atoms with Gasteiger partial charge in [-0.3, -0.25) is 0 Å². The van der Waals surface area contributed by atoms with Crippen LogP contribution in [0.25, 0.3) is 21.5 Å². The Morgan fingerprint density at radius 1 is 0.806 bits per heavy atom. The summed E-state index contributed by atoms with van der Waals surface area (Å²) in [5.74, 6) is 0.438. The van der Waals surface area contributed by atoms with Crippen molar-refractivity contribution in [3.63, 3.8) is 0 Å². The Morgan fingerprint density at radius 3 is 1.87 bits per heavy atom. The van der Waals surface area contributed by atoms with Gasteiger partial charge in [0.1, 0.15) is 11.5 Å². The molecule has 0 amide bonds. The summed E-state index contributed by atoms with van der Waals surface area (Å²) < 4.78 is 11.7. The van der Waals surface area contributed by atoms with E-state index in [-0.39, 0.29) is 0 Å². The van der Waals surface area contributed by atoms with Crippen LogP contribution >= 0.6 is 0 Å². The van der Waals surface area contributed by atoms with Crippen LogP contribution in [-0.2, 0) is 16.0 Å². The first kappa shape index (κ1) is 22.3. The molecule has 0 fully saturated rings. The lowest BCUT2D eigenvalue weighted by Gasteiger charge is -2.19. The topological polar surface area (TPSA) is 52.6 Å². The third kappa shape index (κ3) is 4.69. The number of benzene rings is 3.